The maximum atomic E-state index is 12.8. The van der Waals surface area contributed by atoms with E-state index < -0.39 is 0 Å². The Labute approximate surface area is 138 Å². The maximum absolute atomic E-state index is 12.8. The van der Waals surface area contributed by atoms with Crippen molar-refractivity contribution >= 4 is 5.91 Å². The van der Waals surface area contributed by atoms with Gasteiger partial charge in [0.05, 0.1) is 13.7 Å². The van der Waals surface area contributed by atoms with Crippen LogP contribution >= 0.6 is 0 Å². The molecule has 23 heavy (non-hydrogen) atoms. The largest absolute Gasteiger partial charge is 0.497 e. The van der Waals surface area contributed by atoms with Gasteiger partial charge in [0.2, 0.25) is 0 Å². The van der Waals surface area contributed by atoms with Crippen molar-refractivity contribution in [2.24, 2.45) is 0 Å². The molecule has 1 aromatic rings. The molecular weight excluding hydrogens is 292 g/mol. The summed E-state index contributed by atoms with van der Waals surface area (Å²) in [5.74, 6) is 1.02. The van der Waals surface area contributed by atoms with Crippen molar-refractivity contribution in [2.75, 3.05) is 39.9 Å². The average Bonchev–Trinajstić information content (AvgIpc) is 2.82. The van der Waals surface area contributed by atoms with Crippen LogP contribution in [0.5, 0.6) is 5.75 Å². The molecule has 1 aromatic carbocycles. The van der Waals surface area contributed by atoms with Gasteiger partial charge >= 0.3 is 0 Å². The standard InChI is InChI=1S/C18H26N2O3/c1-3-19-9-10-23-17(13-19)18(21)20-8-4-5-14-11-16(22-2)7-6-15(14)12-20/h6-7,11,17H,3-5,8-10,12-13H2,1-2H3. The summed E-state index contributed by atoms with van der Waals surface area (Å²) in [6.07, 6.45) is 1.66. The molecule has 0 N–H and O–H groups in total. The van der Waals surface area contributed by atoms with E-state index in [9.17, 15) is 4.79 Å². The monoisotopic (exact) mass is 318 g/mol. The molecule has 0 spiro atoms. The van der Waals surface area contributed by atoms with Crippen molar-refractivity contribution in [2.45, 2.75) is 32.4 Å². The molecule has 0 radical (unpaired) electrons. The third-order valence-electron chi connectivity index (χ3n) is 4.83. The van der Waals surface area contributed by atoms with E-state index >= 15 is 0 Å². The zero-order valence-electron chi connectivity index (χ0n) is 14.1. The predicted octanol–water partition coefficient (Wildman–Crippen LogP) is 1.69. The van der Waals surface area contributed by atoms with E-state index in [2.05, 4.69) is 24.0 Å². The summed E-state index contributed by atoms with van der Waals surface area (Å²) in [6.45, 7) is 6.83. The highest BCUT2D eigenvalue weighted by Crippen LogP contribution is 2.24. The molecule has 0 saturated carbocycles. The predicted molar refractivity (Wildman–Crippen MR) is 88.6 cm³/mol. The first-order valence-corrected chi connectivity index (χ1v) is 8.49. The van der Waals surface area contributed by atoms with Gasteiger partial charge in [0.1, 0.15) is 11.9 Å². The molecule has 5 heteroatoms. The fraction of sp³-hybridized carbons (Fsp3) is 0.611. The third kappa shape index (κ3) is 3.67. The van der Waals surface area contributed by atoms with E-state index in [1.165, 1.54) is 11.1 Å². The zero-order valence-corrected chi connectivity index (χ0v) is 14.1. The van der Waals surface area contributed by atoms with Crippen LogP contribution in [0.3, 0.4) is 0 Å². The van der Waals surface area contributed by atoms with Crippen LogP contribution in [0.2, 0.25) is 0 Å². The third-order valence-corrected chi connectivity index (χ3v) is 4.83. The lowest BCUT2D eigenvalue weighted by molar-refractivity contribution is -0.150. The molecule has 126 valence electrons. The first kappa shape index (κ1) is 16.3. The molecule has 1 unspecified atom stereocenters. The van der Waals surface area contributed by atoms with Gasteiger partial charge in [0.25, 0.3) is 5.91 Å². The number of benzene rings is 1. The number of ether oxygens (including phenoxy) is 2. The molecule has 3 rings (SSSR count). The summed E-state index contributed by atoms with van der Waals surface area (Å²) in [5, 5.41) is 0. The molecule has 0 bridgehead atoms. The van der Waals surface area contributed by atoms with Crippen molar-refractivity contribution in [3.8, 4) is 5.75 Å². The summed E-state index contributed by atoms with van der Waals surface area (Å²) < 4.78 is 11.0. The minimum Gasteiger partial charge on any atom is -0.497 e. The molecule has 1 fully saturated rings. The minimum atomic E-state index is -0.316. The SMILES string of the molecule is CCN1CCOC(C(=O)N2CCCc3cc(OC)ccc3C2)C1. The van der Waals surface area contributed by atoms with Crippen LogP contribution in [0, 0.1) is 0 Å². The highest BCUT2D eigenvalue weighted by Gasteiger charge is 2.30. The Morgan fingerprint density at radius 3 is 3.00 bits per heavy atom. The number of nitrogens with zero attached hydrogens (tertiary/aromatic N) is 2. The second-order valence-electron chi connectivity index (χ2n) is 6.25. The number of aryl methyl sites for hydroxylation is 1. The van der Waals surface area contributed by atoms with Crippen LogP contribution < -0.4 is 4.74 Å². The number of carbonyl (C=O) groups is 1. The Morgan fingerprint density at radius 2 is 2.22 bits per heavy atom. The number of morpholine rings is 1. The van der Waals surface area contributed by atoms with Crippen molar-refractivity contribution < 1.29 is 14.3 Å². The first-order valence-electron chi connectivity index (χ1n) is 8.49. The second-order valence-corrected chi connectivity index (χ2v) is 6.25. The lowest BCUT2D eigenvalue weighted by Crippen LogP contribution is -2.50. The van der Waals surface area contributed by atoms with E-state index in [0.29, 0.717) is 19.7 Å². The van der Waals surface area contributed by atoms with E-state index in [-0.39, 0.29) is 12.0 Å². The summed E-state index contributed by atoms with van der Waals surface area (Å²) in [4.78, 5) is 17.1. The van der Waals surface area contributed by atoms with Crippen LogP contribution in [0.15, 0.2) is 18.2 Å². The van der Waals surface area contributed by atoms with Crippen LogP contribution in [-0.2, 0) is 22.5 Å². The number of hydrogen-bond donors (Lipinski definition) is 0. The summed E-state index contributed by atoms with van der Waals surface area (Å²) >= 11 is 0. The second kappa shape index (κ2) is 7.32. The minimum absolute atomic E-state index is 0.131. The molecule has 2 aliphatic rings. The Balaban J connectivity index is 1.71. The summed E-state index contributed by atoms with van der Waals surface area (Å²) in [7, 11) is 1.69. The first-order chi connectivity index (χ1) is 11.2. The zero-order chi connectivity index (χ0) is 16.2. The molecule has 1 amide bonds. The maximum Gasteiger partial charge on any atom is 0.253 e. The molecular formula is C18H26N2O3. The van der Waals surface area contributed by atoms with Crippen molar-refractivity contribution in [3.63, 3.8) is 0 Å². The van der Waals surface area contributed by atoms with Gasteiger partial charge in [0.15, 0.2) is 0 Å². The molecule has 2 heterocycles. The van der Waals surface area contributed by atoms with Gasteiger partial charge in [-0.05, 0) is 42.6 Å². The number of likely N-dealkylation sites (N-methyl/N-ethyl adjacent to an activating group) is 1. The molecule has 1 saturated heterocycles. The van der Waals surface area contributed by atoms with Gasteiger partial charge < -0.3 is 14.4 Å². The van der Waals surface area contributed by atoms with Gasteiger partial charge in [-0.3, -0.25) is 9.69 Å². The van der Waals surface area contributed by atoms with Gasteiger partial charge in [-0.15, -0.1) is 0 Å². The molecule has 5 nitrogen and oxygen atoms in total. The Bertz CT molecular complexity index is 561. The van der Waals surface area contributed by atoms with Crippen LogP contribution in [0.25, 0.3) is 0 Å². The molecule has 1 atom stereocenters. The van der Waals surface area contributed by atoms with Crippen molar-refractivity contribution in [1.29, 1.82) is 0 Å². The lowest BCUT2D eigenvalue weighted by atomic mass is 10.0. The van der Waals surface area contributed by atoms with E-state index in [4.69, 9.17) is 9.47 Å². The summed E-state index contributed by atoms with van der Waals surface area (Å²) in [6, 6.07) is 6.15. The van der Waals surface area contributed by atoms with Crippen LogP contribution in [-0.4, -0.2) is 61.7 Å². The Kier molecular flexibility index (Phi) is 5.18. The number of methoxy groups -OCH3 is 1. The van der Waals surface area contributed by atoms with E-state index in [1.807, 2.05) is 11.0 Å². The van der Waals surface area contributed by atoms with Crippen LogP contribution in [0.1, 0.15) is 24.5 Å². The number of amides is 1. The number of carbonyl (C=O) groups excluding carboxylic acids is 1. The fourth-order valence-corrected chi connectivity index (χ4v) is 3.39. The highest BCUT2D eigenvalue weighted by atomic mass is 16.5. The topological polar surface area (TPSA) is 42.0 Å². The number of rotatable bonds is 3. The van der Waals surface area contributed by atoms with E-state index in [1.54, 1.807) is 7.11 Å². The Morgan fingerprint density at radius 1 is 1.35 bits per heavy atom. The number of fused-ring (bicyclic) bond motifs is 1. The van der Waals surface area contributed by atoms with Crippen LogP contribution in [0.4, 0.5) is 0 Å². The Hall–Kier alpha value is -1.59. The average molecular weight is 318 g/mol. The lowest BCUT2D eigenvalue weighted by Gasteiger charge is -2.34. The van der Waals surface area contributed by atoms with Gasteiger partial charge in [-0.25, -0.2) is 0 Å². The quantitative estimate of drug-likeness (QED) is 0.850. The molecule has 2 aliphatic heterocycles. The molecule has 0 aromatic heterocycles. The highest BCUT2D eigenvalue weighted by molar-refractivity contribution is 5.81. The van der Waals surface area contributed by atoms with Gasteiger partial charge in [-0.1, -0.05) is 13.0 Å². The summed E-state index contributed by atoms with van der Waals surface area (Å²) in [5.41, 5.74) is 2.51. The number of hydrogen-bond acceptors (Lipinski definition) is 4. The van der Waals surface area contributed by atoms with E-state index in [0.717, 1.165) is 38.2 Å². The molecule has 0 aliphatic carbocycles. The van der Waals surface area contributed by atoms with Crippen molar-refractivity contribution in [3.05, 3.63) is 29.3 Å². The van der Waals surface area contributed by atoms with Gasteiger partial charge in [-0.2, -0.15) is 0 Å². The van der Waals surface area contributed by atoms with Gasteiger partial charge in [0, 0.05) is 26.2 Å². The van der Waals surface area contributed by atoms with Crippen molar-refractivity contribution in [1.82, 2.24) is 9.80 Å². The smallest absolute Gasteiger partial charge is 0.253 e. The fourth-order valence-electron chi connectivity index (χ4n) is 3.39. The normalized spacial score (nSPS) is 22.3.